The maximum atomic E-state index is 13.0. The van der Waals surface area contributed by atoms with E-state index in [2.05, 4.69) is 4.99 Å². The van der Waals surface area contributed by atoms with Gasteiger partial charge < -0.3 is 5.11 Å². The van der Waals surface area contributed by atoms with E-state index < -0.39 is 15.7 Å². The number of aliphatic hydroxyl groups is 1. The van der Waals surface area contributed by atoms with Crippen LogP contribution < -0.4 is 0 Å². The highest BCUT2D eigenvalue weighted by Gasteiger charge is 2.39. The van der Waals surface area contributed by atoms with E-state index >= 15 is 0 Å². The first-order valence-electron chi connectivity index (χ1n) is 8.68. The molecule has 1 aliphatic carbocycles. The van der Waals surface area contributed by atoms with Gasteiger partial charge in [-0.1, -0.05) is 17.7 Å². The average molecular weight is 358 g/mol. The Hall–Kier alpha value is -1.92. The van der Waals surface area contributed by atoms with Crippen LogP contribution in [0.2, 0.25) is 0 Å². The number of rotatable bonds is 3. The van der Waals surface area contributed by atoms with Crippen molar-refractivity contribution >= 4 is 15.7 Å². The van der Waals surface area contributed by atoms with E-state index in [4.69, 9.17) is 0 Å². The van der Waals surface area contributed by atoms with Crippen molar-refractivity contribution in [3.63, 3.8) is 0 Å². The first-order chi connectivity index (χ1) is 11.9. The van der Waals surface area contributed by atoms with Crippen molar-refractivity contribution in [3.05, 3.63) is 53.9 Å². The van der Waals surface area contributed by atoms with Gasteiger partial charge in [-0.05, 0) is 69.2 Å². The van der Waals surface area contributed by atoms with Gasteiger partial charge in [-0.25, -0.2) is 12.4 Å². The second-order valence-corrected chi connectivity index (χ2v) is 9.03. The minimum atomic E-state index is -3.68. The van der Waals surface area contributed by atoms with Crippen LogP contribution in [0, 0.1) is 12.8 Å². The molecule has 0 spiro atoms. The van der Waals surface area contributed by atoms with E-state index in [9.17, 15) is 13.5 Å². The summed E-state index contributed by atoms with van der Waals surface area (Å²) >= 11 is 0. The second-order valence-electron chi connectivity index (χ2n) is 7.21. The molecule has 5 nitrogen and oxygen atoms in total. The average Bonchev–Trinajstić information content (AvgIpc) is 3.04. The van der Waals surface area contributed by atoms with Gasteiger partial charge in [-0.15, -0.1) is 0 Å². The van der Waals surface area contributed by atoms with E-state index in [-0.39, 0.29) is 4.90 Å². The summed E-state index contributed by atoms with van der Waals surface area (Å²) in [5.74, 6) is 0.372. The Bertz CT molecular complexity index is 928. The van der Waals surface area contributed by atoms with Gasteiger partial charge in [0.25, 0.3) is 10.0 Å². The summed E-state index contributed by atoms with van der Waals surface area (Å²) in [6.07, 6.45) is 5.64. The molecular formula is C19H22N2O3S. The molecule has 2 atom stereocenters. The van der Waals surface area contributed by atoms with Crippen molar-refractivity contribution in [3.8, 4) is 0 Å². The molecule has 2 unspecified atom stereocenters. The first-order valence-corrected chi connectivity index (χ1v) is 10.1. The zero-order valence-corrected chi connectivity index (χ0v) is 15.0. The lowest BCUT2D eigenvalue weighted by molar-refractivity contribution is -0.0132. The highest BCUT2D eigenvalue weighted by molar-refractivity contribution is 7.90. The van der Waals surface area contributed by atoms with Crippen LogP contribution in [-0.4, -0.2) is 28.9 Å². The van der Waals surface area contributed by atoms with Crippen molar-refractivity contribution in [2.24, 2.45) is 10.9 Å². The molecule has 2 bridgehead atoms. The molecule has 2 aliphatic rings. The van der Waals surface area contributed by atoms with Crippen LogP contribution in [0.3, 0.4) is 0 Å². The zero-order valence-electron chi connectivity index (χ0n) is 14.2. The van der Waals surface area contributed by atoms with Crippen LogP contribution in [0.25, 0.3) is 0 Å². The number of benzene rings is 1. The lowest BCUT2D eigenvalue weighted by Crippen LogP contribution is -2.39. The van der Waals surface area contributed by atoms with E-state index in [1.165, 1.54) is 3.97 Å². The predicted octanol–water partition coefficient (Wildman–Crippen LogP) is 3.11. The molecule has 1 aromatic carbocycles. The Labute approximate surface area is 148 Å². The highest BCUT2D eigenvalue weighted by Crippen LogP contribution is 2.40. The van der Waals surface area contributed by atoms with Gasteiger partial charge in [0.15, 0.2) is 5.72 Å². The highest BCUT2D eigenvalue weighted by atomic mass is 32.2. The van der Waals surface area contributed by atoms with E-state index in [0.717, 1.165) is 24.8 Å². The molecule has 1 N–H and O–H groups in total. The number of aliphatic imine (C=N–C) groups is 1. The Morgan fingerprint density at radius 1 is 1.24 bits per heavy atom. The summed E-state index contributed by atoms with van der Waals surface area (Å²) in [5, 5.41) is 10.7. The van der Waals surface area contributed by atoms with Gasteiger partial charge in [-0.2, -0.15) is 0 Å². The minimum Gasteiger partial charge on any atom is -0.369 e. The molecule has 25 heavy (non-hydrogen) atoms. The Kier molecular flexibility index (Phi) is 3.85. The van der Waals surface area contributed by atoms with Gasteiger partial charge >= 0.3 is 0 Å². The quantitative estimate of drug-likeness (QED) is 0.916. The van der Waals surface area contributed by atoms with Gasteiger partial charge in [0.05, 0.1) is 16.3 Å². The molecule has 1 saturated carbocycles. The molecule has 2 heterocycles. The van der Waals surface area contributed by atoms with Crippen molar-refractivity contribution in [2.45, 2.75) is 49.6 Å². The number of fused-ring (bicyclic) bond motifs is 2. The molecule has 132 valence electrons. The van der Waals surface area contributed by atoms with Crippen molar-refractivity contribution in [1.29, 1.82) is 0 Å². The van der Waals surface area contributed by atoms with Crippen LogP contribution in [0.15, 0.2) is 52.5 Å². The van der Waals surface area contributed by atoms with Crippen molar-refractivity contribution in [2.75, 3.05) is 0 Å². The number of hydrogen-bond donors (Lipinski definition) is 1. The third-order valence-corrected chi connectivity index (χ3v) is 6.92. The third kappa shape index (κ3) is 2.93. The van der Waals surface area contributed by atoms with Crippen LogP contribution in [-0.2, 0) is 10.0 Å². The number of nitrogens with zero attached hydrogens (tertiary/aromatic N) is 2. The Morgan fingerprint density at radius 3 is 2.72 bits per heavy atom. The number of hydrogen-bond acceptors (Lipinski definition) is 4. The van der Waals surface area contributed by atoms with E-state index in [1.54, 1.807) is 42.6 Å². The monoisotopic (exact) mass is 358 g/mol. The van der Waals surface area contributed by atoms with Crippen LogP contribution >= 0.6 is 0 Å². The number of aromatic nitrogens is 1. The smallest absolute Gasteiger partial charge is 0.268 e. The summed E-state index contributed by atoms with van der Waals surface area (Å²) in [6, 6.07) is 10.3. The summed E-state index contributed by atoms with van der Waals surface area (Å²) in [7, 11) is -3.68. The lowest BCUT2D eigenvalue weighted by atomic mass is 9.77. The second kappa shape index (κ2) is 5.81. The van der Waals surface area contributed by atoms with Crippen molar-refractivity contribution in [1.82, 2.24) is 3.97 Å². The van der Waals surface area contributed by atoms with Crippen LogP contribution in [0.5, 0.6) is 0 Å². The first kappa shape index (κ1) is 16.5. The molecule has 1 fully saturated rings. The topological polar surface area (TPSA) is 71.7 Å². The number of aryl methyl sites for hydroxylation is 1. The summed E-state index contributed by atoms with van der Waals surface area (Å²) in [6.45, 7) is 1.92. The summed E-state index contributed by atoms with van der Waals surface area (Å²) < 4.78 is 27.4. The van der Waals surface area contributed by atoms with Gasteiger partial charge in [0.2, 0.25) is 0 Å². The predicted molar refractivity (Wildman–Crippen MR) is 96.3 cm³/mol. The maximum Gasteiger partial charge on any atom is 0.268 e. The zero-order chi connectivity index (χ0) is 17.7. The summed E-state index contributed by atoms with van der Waals surface area (Å²) in [4.78, 5) is 4.80. The fraction of sp³-hybridized carbons (Fsp3) is 0.421. The minimum absolute atomic E-state index is 0.255. The van der Waals surface area contributed by atoms with E-state index in [0.29, 0.717) is 30.2 Å². The van der Waals surface area contributed by atoms with Gasteiger partial charge in [0, 0.05) is 6.20 Å². The molecule has 1 aromatic heterocycles. The molecule has 6 heteroatoms. The molecule has 1 aliphatic heterocycles. The Balaban J connectivity index is 1.78. The molecule has 4 rings (SSSR count). The fourth-order valence-electron chi connectivity index (χ4n) is 3.97. The third-order valence-electron chi connectivity index (χ3n) is 5.22. The van der Waals surface area contributed by atoms with Gasteiger partial charge in [0.1, 0.15) is 0 Å². The molecular weight excluding hydrogens is 336 g/mol. The van der Waals surface area contributed by atoms with Gasteiger partial charge in [-0.3, -0.25) is 4.99 Å². The molecule has 0 radical (unpaired) electrons. The largest absolute Gasteiger partial charge is 0.369 e. The van der Waals surface area contributed by atoms with Crippen molar-refractivity contribution < 1.29 is 13.5 Å². The Morgan fingerprint density at radius 2 is 2.00 bits per heavy atom. The standard InChI is InChI=1S/C19H22N2O3S/c1-14-6-8-16(9-7-14)25(23,24)21-11-3-5-18(21)17-12-15-4-2-10-19(22,13-15)20-17/h3,5-9,11,15,22H,2,4,10,12-13H2,1H3. The maximum absolute atomic E-state index is 13.0. The molecule has 0 saturated heterocycles. The molecule has 2 aromatic rings. The lowest BCUT2D eigenvalue weighted by Gasteiger charge is -2.38. The normalized spacial score (nSPS) is 26.3. The SMILES string of the molecule is Cc1ccc(S(=O)(=O)n2cccc2C2=NC3(O)CCCC(C2)C3)cc1. The fourth-order valence-corrected chi connectivity index (χ4v) is 5.33. The van der Waals surface area contributed by atoms with Crippen LogP contribution in [0.1, 0.15) is 43.4 Å². The van der Waals surface area contributed by atoms with Crippen LogP contribution in [0.4, 0.5) is 0 Å². The molecule has 0 amide bonds. The summed E-state index contributed by atoms with van der Waals surface area (Å²) in [5.41, 5.74) is 1.24. The van der Waals surface area contributed by atoms with E-state index in [1.807, 2.05) is 6.92 Å².